The third-order valence-electron chi connectivity index (χ3n) is 4.24. The van der Waals surface area contributed by atoms with Gasteiger partial charge in [-0.1, -0.05) is 54.2 Å². The molecule has 25 heavy (non-hydrogen) atoms. The summed E-state index contributed by atoms with van der Waals surface area (Å²) >= 11 is 1.72. The Balaban J connectivity index is 1.58. The summed E-state index contributed by atoms with van der Waals surface area (Å²) in [5, 5.41) is 3.42. The molecule has 0 unspecified atom stereocenters. The highest BCUT2D eigenvalue weighted by Gasteiger charge is 2.16. The fourth-order valence-electron chi connectivity index (χ4n) is 2.83. The largest absolute Gasteiger partial charge is 0.354 e. The van der Waals surface area contributed by atoms with Crippen molar-refractivity contribution >= 4 is 35.0 Å². The van der Waals surface area contributed by atoms with Crippen LogP contribution in [0.3, 0.4) is 0 Å². The van der Waals surface area contributed by atoms with Crippen LogP contribution in [-0.2, 0) is 0 Å². The summed E-state index contributed by atoms with van der Waals surface area (Å²) in [5.74, 6) is 0.0108. The van der Waals surface area contributed by atoms with E-state index in [1.54, 1.807) is 17.8 Å². The first-order valence-electron chi connectivity index (χ1n) is 8.17. The predicted molar refractivity (Wildman–Crippen MR) is 105 cm³/mol. The van der Waals surface area contributed by atoms with Crippen molar-refractivity contribution in [3.8, 4) is 0 Å². The monoisotopic (exact) mass is 343 g/mol. The first-order valence-corrected chi connectivity index (χ1v) is 8.98. The van der Waals surface area contributed by atoms with Crippen molar-refractivity contribution < 1.29 is 4.79 Å². The zero-order chi connectivity index (χ0) is 17.2. The van der Waals surface area contributed by atoms with Gasteiger partial charge in [-0.2, -0.15) is 0 Å². The average Bonchev–Trinajstić information content (AvgIpc) is 2.65. The van der Waals surface area contributed by atoms with Gasteiger partial charge in [-0.25, -0.2) is 0 Å². The summed E-state index contributed by atoms with van der Waals surface area (Å²) in [6.45, 7) is 2.04. The predicted octanol–water partition coefficient (Wildman–Crippen LogP) is 6.10. The maximum Gasteiger partial charge on any atom is 0.185 e. The standard InChI is InChI=1S/C22H17NOS/c1-15-6-2-3-7-16(15)10-12-20(24)17-11-13-22-19(14-17)23-18-8-4-5-9-21(18)25-22/h2-14,23H,1H3/b12-10+. The van der Waals surface area contributed by atoms with Gasteiger partial charge in [0.05, 0.1) is 11.4 Å². The van der Waals surface area contributed by atoms with Crippen LogP contribution >= 0.6 is 11.8 Å². The lowest BCUT2D eigenvalue weighted by Crippen LogP contribution is -2.02. The van der Waals surface area contributed by atoms with Crippen molar-refractivity contribution in [1.29, 1.82) is 0 Å². The number of para-hydroxylation sites is 1. The molecule has 122 valence electrons. The molecule has 1 heterocycles. The Morgan fingerprint density at radius 3 is 2.56 bits per heavy atom. The lowest BCUT2D eigenvalue weighted by molar-refractivity contribution is 0.104. The Morgan fingerprint density at radius 1 is 0.920 bits per heavy atom. The minimum Gasteiger partial charge on any atom is -0.354 e. The molecule has 1 aliphatic heterocycles. The van der Waals surface area contributed by atoms with Crippen molar-refractivity contribution in [1.82, 2.24) is 0 Å². The van der Waals surface area contributed by atoms with Gasteiger partial charge in [-0.05, 0) is 54.5 Å². The number of benzene rings is 3. The number of carbonyl (C=O) groups is 1. The van der Waals surface area contributed by atoms with Crippen molar-refractivity contribution in [2.75, 3.05) is 5.32 Å². The zero-order valence-corrected chi connectivity index (χ0v) is 14.6. The van der Waals surface area contributed by atoms with Crippen LogP contribution in [0.1, 0.15) is 21.5 Å². The number of aryl methyl sites for hydroxylation is 1. The molecule has 4 rings (SSSR count). The van der Waals surface area contributed by atoms with Gasteiger partial charge in [0.25, 0.3) is 0 Å². The van der Waals surface area contributed by atoms with E-state index in [0.29, 0.717) is 5.56 Å². The second kappa shape index (κ2) is 6.61. The first-order chi connectivity index (χ1) is 12.2. The van der Waals surface area contributed by atoms with Gasteiger partial charge in [-0.15, -0.1) is 0 Å². The molecule has 0 amide bonds. The Labute approximate surface area is 151 Å². The van der Waals surface area contributed by atoms with Crippen LogP contribution in [0.2, 0.25) is 0 Å². The van der Waals surface area contributed by atoms with E-state index in [-0.39, 0.29) is 5.78 Å². The van der Waals surface area contributed by atoms with Crippen molar-refractivity contribution in [2.24, 2.45) is 0 Å². The summed E-state index contributed by atoms with van der Waals surface area (Å²) in [5.41, 5.74) is 4.98. The topological polar surface area (TPSA) is 29.1 Å². The van der Waals surface area contributed by atoms with Gasteiger partial charge in [0, 0.05) is 15.4 Å². The van der Waals surface area contributed by atoms with E-state index < -0.39 is 0 Å². The molecule has 0 radical (unpaired) electrons. The third-order valence-corrected chi connectivity index (χ3v) is 5.39. The molecule has 0 fully saturated rings. The molecule has 0 bridgehead atoms. The van der Waals surface area contributed by atoms with Crippen LogP contribution in [0.15, 0.2) is 82.6 Å². The van der Waals surface area contributed by atoms with Gasteiger partial charge < -0.3 is 5.32 Å². The number of carbonyl (C=O) groups excluding carboxylic acids is 1. The van der Waals surface area contributed by atoms with Crippen LogP contribution in [0, 0.1) is 6.92 Å². The molecule has 0 aliphatic carbocycles. The van der Waals surface area contributed by atoms with Gasteiger partial charge in [0.1, 0.15) is 0 Å². The number of ketones is 1. The lowest BCUT2D eigenvalue weighted by Gasteiger charge is -2.20. The number of hydrogen-bond donors (Lipinski definition) is 1. The van der Waals surface area contributed by atoms with Crippen molar-refractivity contribution in [3.05, 3.63) is 89.5 Å². The van der Waals surface area contributed by atoms with Crippen LogP contribution in [0.4, 0.5) is 11.4 Å². The van der Waals surface area contributed by atoms with Crippen LogP contribution < -0.4 is 5.32 Å². The van der Waals surface area contributed by atoms with Gasteiger partial charge >= 0.3 is 0 Å². The van der Waals surface area contributed by atoms with E-state index in [9.17, 15) is 4.79 Å². The number of fused-ring (bicyclic) bond motifs is 2. The Kier molecular flexibility index (Phi) is 4.16. The van der Waals surface area contributed by atoms with Crippen LogP contribution in [-0.4, -0.2) is 5.78 Å². The second-order valence-corrected chi connectivity index (χ2v) is 7.07. The smallest absolute Gasteiger partial charge is 0.185 e. The van der Waals surface area contributed by atoms with E-state index in [1.165, 1.54) is 4.90 Å². The summed E-state index contributed by atoms with van der Waals surface area (Å²) < 4.78 is 0. The molecule has 3 aromatic rings. The Morgan fingerprint density at radius 2 is 1.68 bits per heavy atom. The number of anilines is 2. The van der Waals surface area contributed by atoms with Crippen LogP contribution in [0.25, 0.3) is 6.08 Å². The van der Waals surface area contributed by atoms with E-state index in [2.05, 4.69) is 17.4 Å². The molecule has 0 saturated carbocycles. The Hall–Kier alpha value is -2.78. The average molecular weight is 343 g/mol. The van der Waals surface area contributed by atoms with E-state index in [0.717, 1.165) is 27.4 Å². The minimum absolute atomic E-state index is 0.0108. The van der Waals surface area contributed by atoms with E-state index in [1.807, 2.05) is 67.6 Å². The highest BCUT2D eigenvalue weighted by atomic mass is 32.2. The number of hydrogen-bond acceptors (Lipinski definition) is 3. The third kappa shape index (κ3) is 3.24. The van der Waals surface area contributed by atoms with Gasteiger partial charge in [0.2, 0.25) is 0 Å². The van der Waals surface area contributed by atoms with E-state index >= 15 is 0 Å². The molecule has 3 heteroatoms. The fourth-order valence-corrected chi connectivity index (χ4v) is 3.80. The second-order valence-electron chi connectivity index (χ2n) is 5.99. The fraction of sp³-hybridized carbons (Fsp3) is 0.0455. The summed E-state index contributed by atoms with van der Waals surface area (Å²) in [6.07, 6.45) is 3.53. The molecular weight excluding hydrogens is 326 g/mol. The molecule has 1 N–H and O–H groups in total. The normalized spacial score (nSPS) is 12.4. The maximum atomic E-state index is 12.5. The molecule has 0 saturated heterocycles. The van der Waals surface area contributed by atoms with E-state index in [4.69, 9.17) is 0 Å². The van der Waals surface area contributed by atoms with Gasteiger partial charge in [-0.3, -0.25) is 4.79 Å². The minimum atomic E-state index is 0.0108. The molecule has 0 spiro atoms. The van der Waals surface area contributed by atoms with Crippen molar-refractivity contribution in [2.45, 2.75) is 16.7 Å². The maximum absolute atomic E-state index is 12.5. The number of allylic oxidation sites excluding steroid dienone is 1. The summed E-state index contributed by atoms with van der Waals surface area (Å²) in [4.78, 5) is 14.9. The summed E-state index contributed by atoms with van der Waals surface area (Å²) in [7, 11) is 0. The highest BCUT2D eigenvalue weighted by Crippen LogP contribution is 2.44. The Bertz CT molecular complexity index is 991. The first kappa shape index (κ1) is 15.7. The quantitative estimate of drug-likeness (QED) is 0.360. The molecule has 1 aliphatic rings. The molecular formula is C22H17NOS. The lowest BCUT2D eigenvalue weighted by atomic mass is 10.1. The SMILES string of the molecule is Cc1ccccc1/C=C/C(=O)c1ccc2c(c1)Nc1ccccc1S2. The number of nitrogens with one attached hydrogen (secondary N) is 1. The molecule has 0 aromatic heterocycles. The molecule has 0 atom stereocenters. The van der Waals surface area contributed by atoms with Crippen LogP contribution in [0.5, 0.6) is 0 Å². The molecule has 2 nitrogen and oxygen atoms in total. The van der Waals surface area contributed by atoms with Crippen molar-refractivity contribution in [3.63, 3.8) is 0 Å². The summed E-state index contributed by atoms with van der Waals surface area (Å²) in [6, 6.07) is 22.1. The molecule has 3 aromatic carbocycles. The highest BCUT2D eigenvalue weighted by molar-refractivity contribution is 7.99. The zero-order valence-electron chi connectivity index (χ0n) is 13.8. The number of rotatable bonds is 3. The van der Waals surface area contributed by atoms with Gasteiger partial charge in [0.15, 0.2) is 5.78 Å².